The molecule has 0 bridgehead atoms. The van der Waals surface area contributed by atoms with Gasteiger partial charge in [0, 0.05) is 20.3 Å². The van der Waals surface area contributed by atoms with Gasteiger partial charge in [-0.1, -0.05) is 0 Å². The van der Waals surface area contributed by atoms with Crippen LogP contribution >= 0.6 is 27.3 Å². The molecule has 0 spiro atoms. The highest BCUT2D eigenvalue weighted by molar-refractivity contribution is 9.10. The van der Waals surface area contributed by atoms with Crippen molar-refractivity contribution in [3.8, 4) is 11.5 Å². The highest BCUT2D eigenvalue weighted by Gasteiger charge is 2.24. The second-order valence-corrected chi connectivity index (χ2v) is 6.18. The molecule has 1 aliphatic heterocycles. The largest absolute Gasteiger partial charge is 0.497 e. The second kappa shape index (κ2) is 5.42. The van der Waals surface area contributed by atoms with E-state index in [0.717, 1.165) is 9.35 Å². The van der Waals surface area contributed by atoms with Crippen LogP contribution in [0.2, 0.25) is 0 Å². The van der Waals surface area contributed by atoms with E-state index in [1.54, 1.807) is 36.6 Å². The molecule has 0 atom stereocenters. The van der Waals surface area contributed by atoms with Crippen LogP contribution in [0.1, 0.15) is 15.2 Å². The molecule has 3 nitrogen and oxygen atoms in total. The summed E-state index contributed by atoms with van der Waals surface area (Å²) in [5.41, 5.74) is 1.21. The summed E-state index contributed by atoms with van der Waals surface area (Å²) < 4.78 is 11.8. The molecule has 0 N–H and O–H groups in total. The number of fused-ring (bicyclic) bond motifs is 1. The fourth-order valence-corrected chi connectivity index (χ4v) is 3.42. The fourth-order valence-electron chi connectivity index (χ4n) is 2.02. The summed E-state index contributed by atoms with van der Waals surface area (Å²) in [4.78, 5) is 13.5. The number of ketones is 1. The summed E-state index contributed by atoms with van der Waals surface area (Å²) in [6.07, 6.45) is 1.88. The summed E-state index contributed by atoms with van der Waals surface area (Å²) in [6.45, 7) is 0.299. The average molecular weight is 351 g/mol. The van der Waals surface area contributed by atoms with Crippen LogP contribution in [0.15, 0.2) is 39.7 Å². The molecule has 0 fully saturated rings. The lowest BCUT2D eigenvalue weighted by atomic mass is 9.99. The normalized spacial score (nSPS) is 15.9. The molecule has 0 saturated heterocycles. The Kier molecular flexibility index (Phi) is 3.63. The van der Waals surface area contributed by atoms with Crippen LogP contribution in [0.3, 0.4) is 0 Å². The average Bonchev–Trinajstić information content (AvgIpc) is 2.87. The summed E-state index contributed by atoms with van der Waals surface area (Å²) in [5, 5.41) is 1.98. The Labute approximate surface area is 129 Å². The highest BCUT2D eigenvalue weighted by Crippen LogP contribution is 2.32. The highest BCUT2D eigenvalue weighted by atomic mass is 79.9. The molecule has 0 unspecified atom stereocenters. The molecule has 0 aliphatic carbocycles. The lowest BCUT2D eigenvalue weighted by Crippen LogP contribution is -2.18. The summed E-state index contributed by atoms with van der Waals surface area (Å²) in [5.74, 6) is 1.26. The van der Waals surface area contributed by atoms with E-state index in [9.17, 15) is 4.79 Å². The number of rotatable bonds is 2. The number of hydrogen-bond donors (Lipinski definition) is 0. The van der Waals surface area contributed by atoms with Gasteiger partial charge in [0.15, 0.2) is 5.78 Å². The smallest absolute Gasteiger partial charge is 0.196 e. The quantitative estimate of drug-likeness (QED) is 0.762. The van der Waals surface area contributed by atoms with Crippen LogP contribution in [0.25, 0.3) is 6.08 Å². The molecule has 102 valence electrons. The molecule has 3 rings (SSSR count). The molecule has 1 aromatic heterocycles. The van der Waals surface area contributed by atoms with Gasteiger partial charge in [-0.05, 0) is 46.3 Å². The van der Waals surface area contributed by atoms with E-state index in [1.165, 1.54) is 0 Å². The predicted molar refractivity (Wildman–Crippen MR) is 82.8 cm³/mol. The summed E-state index contributed by atoms with van der Waals surface area (Å²) >= 11 is 4.98. The number of methoxy groups -OCH3 is 1. The first-order valence-corrected chi connectivity index (χ1v) is 7.65. The first-order valence-electron chi connectivity index (χ1n) is 5.97. The van der Waals surface area contributed by atoms with Crippen LogP contribution in [0.4, 0.5) is 0 Å². The topological polar surface area (TPSA) is 35.5 Å². The SMILES string of the molecule is COc1ccc2c(c1)C(=O)/C(=C/c1cc(Br)cs1)CO2. The zero-order chi connectivity index (χ0) is 14.1. The van der Waals surface area contributed by atoms with E-state index in [-0.39, 0.29) is 5.78 Å². The van der Waals surface area contributed by atoms with Crippen molar-refractivity contribution in [2.24, 2.45) is 0 Å². The van der Waals surface area contributed by atoms with E-state index >= 15 is 0 Å². The molecular formula is C15H11BrO3S. The molecule has 20 heavy (non-hydrogen) atoms. The monoisotopic (exact) mass is 350 g/mol. The zero-order valence-corrected chi connectivity index (χ0v) is 13.1. The van der Waals surface area contributed by atoms with Crippen LogP contribution in [0.5, 0.6) is 11.5 Å². The predicted octanol–water partition coefficient (Wildman–Crippen LogP) is 4.18. The number of benzene rings is 1. The number of carbonyl (C=O) groups excluding carboxylic acids is 1. The molecule has 2 aromatic rings. The van der Waals surface area contributed by atoms with Gasteiger partial charge < -0.3 is 9.47 Å². The molecule has 0 amide bonds. The molecule has 1 aliphatic rings. The Balaban J connectivity index is 1.97. The van der Waals surface area contributed by atoms with E-state index in [0.29, 0.717) is 29.2 Å². The van der Waals surface area contributed by atoms with Crippen molar-refractivity contribution in [1.29, 1.82) is 0 Å². The van der Waals surface area contributed by atoms with Gasteiger partial charge in [0.05, 0.1) is 12.7 Å². The Bertz CT molecular complexity index is 703. The third kappa shape index (κ3) is 2.51. The number of halogens is 1. The van der Waals surface area contributed by atoms with E-state index in [2.05, 4.69) is 15.9 Å². The van der Waals surface area contributed by atoms with Crippen LogP contribution < -0.4 is 9.47 Å². The van der Waals surface area contributed by atoms with Crippen molar-refractivity contribution >= 4 is 39.1 Å². The van der Waals surface area contributed by atoms with Gasteiger partial charge in [-0.15, -0.1) is 11.3 Å². The number of thiophene rings is 1. The van der Waals surface area contributed by atoms with Crippen molar-refractivity contribution in [3.05, 3.63) is 50.1 Å². The van der Waals surface area contributed by atoms with Gasteiger partial charge in [0.1, 0.15) is 18.1 Å². The third-order valence-corrected chi connectivity index (χ3v) is 4.65. The van der Waals surface area contributed by atoms with Gasteiger partial charge in [-0.3, -0.25) is 4.79 Å². The molecule has 1 aromatic carbocycles. The van der Waals surface area contributed by atoms with Crippen LogP contribution in [-0.2, 0) is 0 Å². The molecule has 0 radical (unpaired) electrons. The van der Waals surface area contributed by atoms with E-state index in [4.69, 9.17) is 9.47 Å². The Hall–Kier alpha value is -1.59. The standard InChI is InChI=1S/C15H11BrO3S/c1-18-11-2-3-14-13(6-11)15(17)9(7-19-14)4-12-5-10(16)8-20-12/h2-6,8H,7H2,1H3/b9-4+. The van der Waals surface area contributed by atoms with Gasteiger partial charge >= 0.3 is 0 Å². The maximum absolute atomic E-state index is 12.5. The fraction of sp³-hybridized carbons (Fsp3) is 0.133. The number of carbonyl (C=O) groups is 1. The van der Waals surface area contributed by atoms with Crippen molar-refractivity contribution in [2.45, 2.75) is 0 Å². The Morgan fingerprint density at radius 2 is 2.25 bits per heavy atom. The van der Waals surface area contributed by atoms with Gasteiger partial charge in [0.2, 0.25) is 0 Å². The van der Waals surface area contributed by atoms with Crippen molar-refractivity contribution in [3.63, 3.8) is 0 Å². The van der Waals surface area contributed by atoms with E-state index in [1.807, 2.05) is 17.5 Å². The first kappa shape index (κ1) is 13.4. The van der Waals surface area contributed by atoms with Gasteiger partial charge in [-0.2, -0.15) is 0 Å². The number of Topliss-reactive ketones (excluding diaryl/α,β-unsaturated/α-hetero) is 1. The first-order chi connectivity index (χ1) is 9.67. The lowest BCUT2D eigenvalue weighted by Gasteiger charge is -2.19. The van der Waals surface area contributed by atoms with Crippen molar-refractivity contribution in [2.75, 3.05) is 13.7 Å². The van der Waals surface area contributed by atoms with E-state index < -0.39 is 0 Å². The number of ether oxygens (including phenoxy) is 2. The third-order valence-electron chi connectivity index (χ3n) is 3.01. The van der Waals surface area contributed by atoms with Crippen LogP contribution in [0, 0.1) is 0 Å². The summed E-state index contributed by atoms with van der Waals surface area (Å²) in [7, 11) is 1.58. The van der Waals surface area contributed by atoms with Gasteiger partial charge in [-0.25, -0.2) is 0 Å². The molecular weight excluding hydrogens is 340 g/mol. The second-order valence-electron chi connectivity index (χ2n) is 4.32. The minimum absolute atomic E-state index is 0.00493. The maximum Gasteiger partial charge on any atom is 0.196 e. The van der Waals surface area contributed by atoms with Crippen LogP contribution in [-0.4, -0.2) is 19.5 Å². The van der Waals surface area contributed by atoms with Crippen molar-refractivity contribution < 1.29 is 14.3 Å². The molecule has 0 saturated carbocycles. The summed E-state index contributed by atoms with van der Waals surface area (Å²) in [6, 6.07) is 7.25. The molecule has 5 heteroatoms. The maximum atomic E-state index is 12.5. The lowest BCUT2D eigenvalue weighted by molar-refractivity contribution is 0.100. The Morgan fingerprint density at radius 3 is 2.95 bits per heavy atom. The zero-order valence-electron chi connectivity index (χ0n) is 10.7. The van der Waals surface area contributed by atoms with Crippen molar-refractivity contribution in [1.82, 2.24) is 0 Å². The van der Waals surface area contributed by atoms with Gasteiger partial charge in [0.25, 0.3) is 0 Å². The molecule has 2 heterocycles. The number of hydrogen-bond acceptors (Lipinski definition) is 4. The minimum atomic E-state index is -0.00493. The minimum Gasteiger partial charge on any atom is -0.497 e. The Morgan fingerprint density at radius 1 is 1.40 bits per heavy atom.